The highest BCUT2D eigenvalue weighted by atomic mass is 16.5. The van der Waals surface area contributed by atoms with E-state index in [0.717, 1.165) is 30.6 Å². The zero-order chi connectivity index (χ0) is 16.9. The number of piperidine rings is 1. The van der Waals surface area contributed by atoms with Crippen molar-refractivity contribution in [2.24, 2.45) is 0 Å². The van der Waals surface area contributed by atoms with Crippen LogP contribution in [0.2, 0.25) is 0 Å². The van der Waals surface area contributed by atoms with E-state index >= 15 is 0 Å². The van der Waals surface area contributed by atoms with Gasteiger partial charge >= 0.3 is 0 Å². The zero-order valence-corrected chi connectivity index (χ0v) is 14.1. The second-order valence-electron chi connectivity index (χ2n) is 6.54. The number of rotatable bonds is 5. The monoisotopic (exact) mass is 331 g/mol. The Morgan fingerprint density at radius 1 is 1.29 bits per heavy atom. The van der Waals surface area contributed by atoms with Crippen LogP contribution in [0.3, 0.4) is 0 Å². The number of methoxy groups -OCH3 is 1. The Balaban J connectivity index is 1.54. The van der Waals surface area contributed by atoms with Crippen LogP contribution in [0, 0.1) is 0 Å². The van der Waals surface area contributed by atoms with Crippen LogP contribution in [0.4, 0.5) is 0 Å². The number of hydrogen-bond acceptors (Lipinski definition) is 4. The van der Waals surface area contributed by atoms with Crippen LogP contribution >= 0.6 is 0 Å². The highest BCUT2D eigenvalue weighted by molar-refractivity contribution is 5.79. The molecule has 1 aromatic carbocycles. The summed E-state index contributed by atoms with van der Waals surface area (Å²) in [6.45, 7) is 1.52. The molecule has 6 nitrogen and oxygen atoms in total. The molecule has 24 heavy (non-hydrogen) atoms. The molecule has 2 fully saturated rings. The van der Waals surface area contributed by atoms with Crippen molar-refractivity contribution >= 4 is 11.8 Å². The summed E-state index contributed by atoms with van der Waals surface area (Å²) >= 11 is 0. The van der Waals surface area contributed by atoms with Gasteiger partial charge in [0.25, 0.3) is 0 Å². The predicted molar refractivity (Wildman–Crippen MR) is 90.6 cm³/mol. The standard InChI is InChI=1S/C18H25N3O3/c1-24-16-7-5-13(6-8-16)10-19-18(23)12-21-14-3-2-4-15(21)11-20-17(22)9-14/h5-8,14-15H,2-4,9-12H2,1H3,(H,19,23)(H,20,22)/t14-,15-/m0/s1. The molecule has 0 unspecified atom stereocenters. The van der Waals surface area contributed by atoms with Gasteiger partial charge in [0.15, 0.2) is 0 Å². The van der Waals surface area contributed by atoms with Gasteiger partial charge in [0.1, 0.15) is 5.75 Å². The van der Waals surface area contributed by atoms with Crippen molar-refractivity contribution in [1.29, 1.82) is 0 Å². The molecule has 6 heteroatoms. The summed E-state index contributed by atoms with van der Waals surface area (Å²) in [5.74, 6) is 0.921. The second-order valence-corrected chi connectivity index (χ2v) is 6.54. The molecule has 2 atom stereocenters. The van der Waals surface area contributed by atoms with Crippen LogP contribution in [-0.4, -0.2) is 49.0 Å². The largest absolute Gasteiger partial charge is 0.497 e. The number of carbonyl (C=O) groups is 2. The normalized spacial score (nSPS) is 24.0. The highest BCUT2D eigenvalue weighted by Crippen LogP contribution is 2.26. The van der Waals surface area contributed by atoms with Crippen molar-refractivity contribution in [2.75, 3.05) is 20.2 Å². The molecule has 0 saturated carbocycles. The molecular weight excluding hydrogens is 306 g/mol. The number of fused-ring (bicyclic) bond motifs is 2. The summed E-state index contributed by atoms with van der Waals surface area (Å²) in [4.78, 5) is 26.3. The van der Waals surface area contributed by atoms with E-state index in [9.17, 15) is 9.59 Å². The van der Waals surface area contributed by atoms with Gasteiger partial charge in [-0.3, -0.25) is 14.5 Å². The molecule has 2 saturated heterocycles. The maximum atomic E-state index is 12.3. The number of nitrogens with one attached hydrogen (secondary N) is 2. The predicted octanol–water partition coefficient (Wildman–Crippen LogP) is 1.05. The molecule has 2 bridgehead atoms. The van der Waals surface area contributed by atoms with E-state index in [1.54, 1.807) is 7.11 Å². The third-order valence-electron chi connectivity index (χ3n) is 4.94. The van der Waals surface area contributed by atoms with Crippen LogP contribution in [0.1, 0.15) is 31.2 Å². The summed E-state index contributed by atoms with van der Waals surface area (Å²) in [6.07, 6.45) is 3.68. The van der Waals surface area contributed by atoms with Gasteiger partial charge in [-0.05, 0) is 30.5 Å². The second kappa shape index (κ2) is 7.66. The number of ether oxygens (including phenoxy) is 1. The molecule has 0 spiro atoms. The van der Waals surface area contributed by atoms with Gasteiger partial charge in [0.05, 0.1) is 13.7 Å². The van der Waals surface area contributed by atoms with Gasteiger partial charge in [0, 0.05) is 31.6 Å². The molecule has 2 aliphatic rings. The third kappa shape index (κ3) is 4.06. The van der Waals surface area contributed by atoms with E-state index in [-0.39, 0.29) is 23.9 Å². The first-order chi connectivity index (χ1) is 11.7. The number of amides is 2. The van der Waals surface area contributed by atoms with Crippen LogP contribution in [-0.2, 0) is 16.1 Å². The third-order valence-corrected chi connectivity index (χ3v) is 4.94. The Bertz CT molecular complexity index is 588. The molecular formula is C18H25N3O3. The lowest BCUT2D eigenvalue weighted by atomic mass is 9.94. The SMILES string of the molecule is COc1ccc(CNC(=O)CN2[C@H]3CCC[C@H]2CC(=O)NC3)cc1. The summed E-state index contributed by atoms with van der Waals surface area (Å²) < 4.78 is 5.13. The van der Waals surface area contributed by atoms with E-state index in [2.05, 4.69) is 15.5 Å². The molecule has 2 heterocycles. The van der Waals surface area contributed by atoms with Crippen LogP contribution in [0.5, 0.6) is 5.75 Å². The first-order valence-electron chi connectivity index (χ1n) is 8.58. The smallest absolute Gasteiger partial charge is 0.234 e. The molecule has 0 radical (unpaired) electrons. The van der Waals surface area contributed by atoms with Gasteiger partial charge in [-0.15, -0.1) is 0 Å². The van der Waals surface area contributed by atoms with Crippen molar-refractivity contribution < 1.29 is 14.3 Å². The van der Waals surface area contributed by atoms with Gasteiger partial charge < -0.3 is 15.4 Å². The van der Waals surface area contributed by atoms with E-state index in [1.807, 2.05) is 24.3 Å². The quantitative estimate of drug-likeness (QED) is 0.846. The van der Waals surface area contributed by atoms with Gasteiger partial charge in [0.2, 0.25) is 11.8 Å². The lowest BCUT2D eigenvalue weighted by Gasteiger charge is -2.39. The summed E-state index contributed by atoms with van der Waals surface area (Å²) in [7, 11) is 1.63. The number of nitrogens with zero attached hydrogens (tertiary/aromatic N) is 1. The van der Waals surface area contributed by atoms with E-state index in [1.165, 1.54) is 0 Å². The Morgan fingerprint density at radius 3 is 2.79 bits per heavy atom. The van der Waals surface area contributed by atoms with Gasteiger partial charge in [-0.1, -0.05) is 18.6 Å². The first-order valence-corrected chi connectivity index (χ1v) is 8.58. The van der Waals surface area contributed by atoms with E-state index in [0.29, 0.717) is 26.1 Å². The zero-order valence-electron chi connectivity index (χ0n) is 14.1. The topological polar surface area (TPSA) is 70.7 Å². The maximum absolute atomic E-state index is 12.3. The molecule has 2 amide bonds. The number of hydrogen-bond donors (Lipinski definition) is 2. The molecule has 2 N–H and O–H groups in total. The van der Waals surface area contributed by atoms with Crippen LogP contribution in [0.15, 0.2) is 24.3 Å². The maximum Gasteiger partial charge on any atom is 0.234 e. The Morgan fingerprint density at radius 2 is 2.04 bits per heavy atom. The minimum Gasteiger partial charge on any atom is -0.497 e. The van der Waals surface area contributed by atoms with Crippen molar-refractivity contribution in [3.63, 3.8) is 0 Å². The van der Waals surface area contributed by atoms with Gasteiger partial charge in [-0.2, -0.15) is 0 Å². The average molecular weight is 331 g/mol. The van der Waals surface area contributed by atoms with Gasteiger partial charge in [-0.25, -0.2) is 0 Å². The minimum atomic E-state index is 0.0112. The summed E-state index contributed by atoms with van der Waals surface area (Å²) in [5, 5.41) is 5.94. The number of carbonyl (C=O) groups excluding carboxylic acids is 2. The lowest BCUT2D eigenvalue weighted by molar-refractivity contribution is -0.125. The average Bonchev–Trinajstić information content (AvgIpc) is 2.68. The van der Waals surface area contributed by atoms with Crippen molar-refractivity contribution in [2.45, 2.75) is 44.3 Å². The van der Waals surface area contributed by atoms with Crippen molar-refractivity contribution in [1.82, 2.24) is 15.5 Å². The van der Waals surface area contributed by atoms with Crippen molar-refractivity contribution in [3.05, 3.63) is 29.8 Å². The highest BCUT2D eigenvalue weighted by Gasteiger charge is 2.35. The molecule has 130 valence electrons. The Kier molecular flexibility index (Phi) is 5.35. The fourth-order valence-corrected chi connectivity index (χ4v) is 3.60. The molecule has 1 aromatic rings. The molecule has 0 aliphatic carbocycles. The fourth-order valence-electron chi connectivity index (χ4n) is 3.60. The fraction of sp³-hybridized carbons (Fsp3) is 0.556. The lowest BCUT2D eigenvalue weighted by Crippen LogP contribution is -2.51. The molecule has 0 aromatic heterocycles. The Labute approximate surface area is 142 Å². The number of benzene rings is 1. The van der Waals surface area contributed by atoms with E-state index < -0.39 is 0 Å². The molecule has 3 rings (SSSR count). The van der Waals surface area contributed by atoms with Crippen LogP contribution < -0.4 is 15.4 Å². The first kappa shape index (κ1) is 16.8. The van der Waals surface area contributed by atoms with Crippen LogP contribution in [0.25, 0.3) is 0 Å². The minimum absolute atomic E-state index is 0.0112. The summed E-state index contributed by atoms with van der Waals surface area (Å²) in [5.41, 5.74) is 1.04. The van der Waals surface area contributed by atoms with Crippen molar-refractivity contribution in [3.8, 4) is 5.75 Å². The van der Waals surface area contributed by atoms with E-state index in [4.69, 9.17) is 4.74 Å². The summed E-state index contributed by atoms with van der Waals surface area (Å²) in [6, 6.07) is 8.14. The molecule has 2 aliphatic heterocycles. The Hall–Kier alpha value is -2.08.